The molecule has 3 nitrogen and oxygen atoms in total. The molecule has 1 atom stereocenters. The summed E-state index contributed by atoms with van der Waals surface area (Å²) in [6, 6.07) is 11.1. The molecule has 0 saturated heterocycles. The van der Waals surface area contributed by atoms with Gasteiger partial charge in [0.05, 0.1) is 6.61 Å². The summed E-state index contributed by atoms with van der Waals surface area (Å²) in [7, 11) is 0. The van der Waals surface area contributed by atoms with E-state index < -0.39 is 6.10 Å². The van der Waals surface area contributed by atoms with Gasteiger partial charge in [-0.3, -0.25) is 0 Å². The second kappa shape index (κ2) is 4.82. The number of furan rings is 1. The summed E-state index contributed by atoms with van der Waals surface area (Å²) in [5.74, 6) is 1.05. The first-order chi connectivity index (χ1) is 7.70. The van der Waals surface area contributed by atoms with Crippen LogP contribution in [-0.4, -0.2) is 16.8 Å². The summed E-state index contributed by atoms with van der Waals surface area (Å²) < 4.78 is 6.44. The maximum absolute atomic E-state index is 9.38. The smallest absolute Gasteiger partial charge is 0.135 e. The Morgan fingerprint density at radius 1 is 1.12 bits per heavy atom. The number of aliphatic hydroxyl groups is 2. The van der Waals surface area contributed by atoms with Gasteiger partial charge in [0, 0.05) is 10.0 Å². The Balaban J connectivity index is 2.28. The van der Waals surface area contributed by atoms with E-state index >= 15 is 0 Å². The van der Waals surface area contributed by atoms with E-state index in [1.807, 2.05) is 24.3 Å². The fourth-order valence-electron chi connectivity index (χ4n) is 1.39. The summed E-state index contributed by atoms with van der Waals surface area (Å²) >= 11 is 3.35. The summed E-state index contributed by atoms with van der Waals surface area (Å²) in [6.45, 7) is -0.340. The Morgan fingerprint density at radius 2 is 1.81 bits per heavy atom. The second-order valence-electron chi connectivity index (χ2n) is 3.41. The number of rotatable bonds is 3. The number of hydrogen-bond acceptors (Lipinski definition) is 3. The highest BCUT2D eigenvalue weighted by atomic mass is 79.9. The van der Waals surface area contributed by atoms with Crippen LogP contribution in [0.25, 0.3) is 11.3 Å². The molecular formula is C12H11BrO3. The lowest BCUT2D eigenvalue weighted by molar-refractivity contribution is 0.0781. The first-order valence-electron chi connectivity index (χ1n) is 4.85. The normalized spacial score (nSPS) is 12.7. The highest BCUT2D eigenvalue weighted by Gasteiger charge is 2.11. The lowest BCUT2D eigenvalue weighted by Crippen LogP contribution is -1.99. The van der Waals surface area contributed by atoms with Crippen molar-refractivity contribution in [2.75, 3.05) is 6.61 Å². The second-order valence-corrected chi connectivity index (χ2v) is 4.32. The van der Waals surface area contributed by atoms with Crippen molar-refractivity contribution in [2.24, 2.45) is 0 Å². The van der Waals surface area contributed by atoms with Crippen LogP contribution in [0.2, 0.25) is 0 Å². The molecule has 0 aliphatic heterocycles. The number of aliphatic hydroxyl groups excluding tert-OH is 2. The molecule has 0 amide bonds. The van der Waals surface area contributed by atoms with Gasteiger partial charge in [-0.2, -0.15) is 0 Å². The van der Waals surface area contributed by atoms with Crippen LogP contribution in [0.15, 0.2) is 45.3 Å². The van der Waals surface area contributed by atoms with Gasteiger partial charge in [-0.1, -0.05) is 28.1 Å². The maximum atomic E-state index is 9.38. The highest BCUT2D eigenvalue weighted by molar-refractivity contribution is 9.10. The van der Waals surface area contributed by atoms with E-state index in [0.717, 1.165) is 10.0 Å². The number of halogens is 1. The molecule has 84 valence electrons. The molecule has 0 spiro atoms. The Morgan fingerprint density at radius 3 is 2.44 bits per heavy atom. The SMILES string of the molecule is OC[C@H](O)c1ccc(-c2ccc(Br)cc2)o1. The van der Waals surface area contributed by atoms with Gasteiger partial charge in [-0.05, 0) is 24.3 Å². The quantitative estimate of drug-likeness (QED) is 0.910. The predicted molar refractivity (Wildman–Crippen MR) is 63.9 cm³/mol. The summed E-state index contributed by atoms with van der Waals surface area (Å²) in [5.41, 5.74) is 0.930. The van der Waals surface area contributed by atoms with Gasteiger partial charge in [0.1, 0.15) is 17.6 Å². The molecule has 2 N–H and O–H groups in total. The van der Waals surface area contributed by atoms with E-state index in [0.29, 0.717) is 11.5 Å². The van der Waals surface area contributed by atoms with Crippen molar-refractivity contribution in [1.82, 2.24) is 0 Å². The third kappa shape index (κ3) is 2.35. The van der Waals surface area contributed by atoms with Gasteiger partial charge in [0.2, 0.25) is 0 Å². The van der Waals surface area contributed by atoms with Crippen LogP contribution in [0.4, 0.5) is 0 Å². The fraction of sp³-hybridized carbons (Fsp3) is 0.167. The molecule has 0 fully saturated rings. The summed E-state index contributed by atoms with van der Waals surface area (Å²) in [6.07, 6.45) is -0.954. The van der Waals surface area contributed by atoms with E-state index in [1.54, 1.807) is 12.1 Å². The Bertz CT molecular complexity index is 461. The number of benzene rings is 1. The maximum Gasteiger partial charge on any atom is 0.135 e. The summed E-state index contributed by atoms with van der Waals surface area (Å²) in [4.78, 5) is 0. The molecule has 4 heteroatoms. The standard InChI is InChI=1S/C12H11BrO3/c13-9-3-1-8(2-4-9)11-5-6-12(16-11)10(15)7-14/h1-6,10,14-15H,7H2/t10-/m0/s1. The van der Waals surface area contributed by atoms with E-state index in [9.17, 15) is 5.11 Å². The van der Waals surface area contributed by atoms with Crippen molar-refractivity contribution < 1.29 is 14.6 Å². The molecule has 1 aromatic heterocycles. The predicted octanol–water partition coefficient (Wildman–Crippen LogP) is 2.73. The minimum atomic E-state index is -0.954. The van der Waals surface area contributed by atoms with Gasteiger partial charge in [0.25, 0.3) is 0 Å². The van der Waals surface area contributed by atoms with E-state index in [-0.39, 0.29) is 6.61 Å². The molecule has 2 rings (SSSR count). The third-order valence-electron chi connectivity index (χ3n) is 2.26. The van der Waals surface area contributed by atoms with Crippen LogP contribution in [0.5, 0.6) is 0 Å². The monoisotopic (exact) mass is 282 g/mol. The van der Waals surface area contributed by atoms with Crippen molar-refractivity contribution in [3.63, 3.8) is 0 Å². The van der Waals surface area contributed by atoms with E-state index in [2.05, 4.69) is 15.9 Å². The van der Waals surface area contributed by atoms with E-state index in [1.165, 1.54) is 0 Å². The van der Waals surface area contributed by atoms with Crippen LogP contribution >= 0.6 is 15.9 Å². The molecule has 0 radical (unpaired) electrons. The van der Waals surface area contributed by atoms with Gasteiger partial charge >= 0.3 is 0 Å². The van der Waals surface area contributed by atoms with E-state index in [4.69, 9.17) is 9.52 Å². The Labute approximate surface area is 101 Å². The lowest BCUT2D eigenvalue weighted by Gasteiger charge is -2.02. The minimum Gasteiger partial charge on any atom is -0.458 e. The van der Waals surface area contributed by atoms with Crippen LogP contribution in [0, 0.1) is 0 Å². The average molecular weight is 283 g/mol. The Hall–Kier alpha value is -1.10. The third-order valence-corrected chi connectivity index (χ3v) is 2.79. The molecule has 2 aromatic rings. The fourth-order valence-corrected chi connectivity index (χ4v) is 1.66. The lowest BCUT2D eigenvalue weighted by atomic mass is 10.2. The highest BCUT2D eigenvalue weighted by Crippen LogP contribution is 2.26. The van der Waals surface area contributed by atoms with Crippen LogP contribution < -0.4 is 0 Å². The summed E-state index contributed by atoms with van der Waals surface area (Å²) in [5, 5.41) is 18.2. The number of hydrogen-bond donors (Lipinski definition) is 2. The van der Waals surface area contributed by atoms with Crippen molar-refractivity contribution in [1.29, 1.82) is 0 Å². The molecular weight excluding hydrogens is 272 g/mol. The zero-order chi connectivity index (χ0) is 11.5. The molecule has 0 bridgehead atoms. The molecule has 0 aliphatic carbocycles. The molecule has 1 aromatic carbocycles. The topological polar surface area (TPSA) is 53.6 Å². The van der Waals surface area contributed by atoms with Crippen LogP contribution in [0.1, 0.15) is 11.9 Å². The Kier molecular flexibility index (Phi) is 3.43. The first kappa shape index (κ1) is 11.4. The first-order valence-corrected chi connectivity index (χ1v) is 5.64. The van der Waals surface area contributed by atoms with Gasteiger partial charge in [0.15, 0.2) is 0 Å². The van der Waals surface area contributed by atoms with Gasteiger partial charge in [-0.25, -0.2) is 0 Å². The molecule has 0 saturated carbocycles. The van der Waals surface area contributed by atoms with Crippen molar-refractivity contribution >= 4 is 15.9 Å². The molecule has 1 heterocycles. The van der Waals surface area contributed by atoms with Gasteiger partial charge < -0.3 is 14.6 Å². The van der Waals surface area contributed by atoms with Crippen molar-refractivity contribution in [3.05, 3.63) is 46.6 Å². The van der Waals surface area contributed by atoms with Gasteiger partial charge in [-0.15, -0.1) is 0 Å². The van der Waals surface area contributed by atoms with Crippen molar-refractivity contribution in [3.8, 4) is 11.3 Å². The zero-order valence-electron chi connectivity index (χ0n) is 8.43. The molecule has 16 heavy (non-hydrogen) atoms. The average Bonchev–Trinajstić information content (AvgIpc) is 2.78. The van der Waals surface area contributed by atoms with Crippen molar-refractivity contribution in [2.45, 2.75) is 6.10 Å². The van der Waals surface area contributed by atoms with Crippen LogP contribution in [-0.2, 0) is 0 Å². The minimum absolute atomic E-state index is 0.340. The molecule has 0 aliphatic rings. The largest absolute Gasteiger partial charge is 0.458 e. The zero-order valence-corrected chi connectivity index (χ0v) is 10.0. The molecule has 0 unspecified atom stereocenters. The van der Waals surface area contributed by atoms with Crippen LogP contribution in [0.3, 0.4) is 0 Å².